The molecule has 1 aromatic rings. The zero-order valence-electron chi connectivity index (χ0n) is 10.9. The lowest BCUT2D eigenvalue weighted by Crippen LogP contribution is -2.10. The van der Waals surface area contributed by atoms with Crippen molar-refractivity contribution in [3.63, 3.8) is 0 Å². The highest BCUT2D eigenvalue weighted by Gasteiger charge is 2.14. The molecule has 18 heavy (non-hydrogen) atoms. The number of rotatable bonds is 7. The number of allylic oxidation sites excluding steroid dienone is 1. The largest absolute Gasteiger partial charge is 0.493 e. The third-order valence-corrected chi connectivity index (χ3v) is 3.09. The van der Waals surface area contributed by atoms with E-state index in [4.69, 9.17) is 26.8 Å². The van der Waals surface area contributed by atoms with Crippen LogP contribution in [0.2, 0.25) is 5.02 Å². The van der Waals surface area contributed by atoms with E-state index in [-0.39, 0.29) is 6.04 Å². The summed E-state index contributed by atoms with van der Waals surface area (Å²) in [4.78, 5) is 0. The van der Waals surface area contributed by atoms with Gasteiger partial charge in [-0.15, -0.1) is 6.58 Å². The van der Waals surface area contributed by atoms with E-state index in [0.717, 1.165) is 24.8 Å². The van der Waals surface area contributed by atoms with Crippen LogP contribution in [0.15, 0.2) is 24.8 Å². The lowest BCUT2D eigenvalue weighted by Gasteiger charge is -2.16. The van der Waals surface area contributed by atoms with E-state index < -0.39 is 0 Å². The molecule has 0 saturated carbocycles. The first-order chi connectivity index (χ1) is 8.63. The molecule has 3 nitrogen and oxygen atoms in total. The number of benzene rings is 1. The van der Waals surface area contributed by atoms with Crippen molar-refractivity contribution < 1.29 is 9.47 Å². The number of methoxy groups -OCH3 is 2. The zero-order valence-corrected chi connectivity index (χ0v) is 11.7. The molecule has 0 saturated heterocycles. The minimum absolute atomic E-state index is 0.0535. The molecule has 0 aliphatic rings. The molecular formula is C14H20ClNO2. The third kappa shape index (κ3) is 3.65. The highest BCUT2D eigenvalue weighted by Crippen LogP contribution is 2.37. The summed E-state index contributed by atoms with van der Waals surface area (Å²) < 4.78 is 10.4. The van der Waals surface area contributed by atoms with E-state index in [2.05, 4.69) is 6.58 Å². The average Bonchev–Trinajstić information content (AvgIpc) is 2.37. The van der Waals surface area contributed by atoms with E-state index in [1.165, 1.54) is 0 Å². The van der Waals surface area contributed by atoms with E-state index in [1.54, 1.807) is 14.2 Å². The Balaban J connectivity index is 2.89. The van der Waals surface area contributed by atoms with Crippen LogP contribution < -0.4 is 15.2 Å². The highest BCUT2D eigenvalue weighted by molar-refractivity contribution is 6.32. The quantitative estimate of drug-likeness (QED) is 0.606. The first-order valence-electron chi connectivity index (χ1n) is 5.92. The summed E-state index contributed by atoms with van der Waals surface area (Å²) in [7, 11) is 3.15. The summed E-state index contributed by atoms with van der Waals surface area (Å²) in [6.07, 6.45) is 4.76. The topological polar surface area (TPSA) is 44.5 Å². The molecular weight excluding hydrogens is 250 g/mol. The van der Waals surface area contributed by atoms with Gasteiger partial charge in [0.2, 0.25) is 0 Å². The fourth-order valence-electron chi connectivity index (χ4n) is 1.80. The summed E-state index contributed by atoms with van der Waals surface area (Å²) in [5, 5.41) is 0.519. The summed E-state index contributed by atoms with van der Waals surface area (Å²) in [5.41, 5.74) is 7.09. The second kappa shape index (κ2) is 7.29. The number of hydrogen-bond acceptors (Lipinski definition) is 3. The number of ether oxygens (including phenoxy) is 2. The van der Waals surface area contributed by atoms with Gasteiger partial charge in [0.25, 0.3) is 0 Å². The molecule has 0 aromatic heterocycles. The van der Waals surface area contributed by atoms with Gasteiger partial charge in [-0.05, 0) is 37.0 Å². The van der Waals surface area contributed by atoms with Gasteiger partial charge in [0.1, 0.15) is 0 Å². The molecule has 0 spiro atoms. The van der Waals surface area contributed by atoms with Crippen molar-refractivity contribution in [3.05, 3.63) is 35.4 Å². The summed E-state index contributed by atoms with van der Waals surface area (Å²) in [5.74, 6) is 1.15. The number of nitrogens with two attached hydrogens (primary N) is 1. The van der Waals surface area contributed by atoms with Crippen LogP contribution in [0, 0.1) is 0 Å². The van der Waals surface area contributed by atoms with Gasteiger partial charge in [0.05, 0.1) is 19.2 Å². The van der Waals surface area contributed by atoms with Crippen molar-refractivity contribution in [2.45, 2.75) is 25.3 Å². The maximum absolute atomic E-state index is 6.14. The fourth-order valence-corrected chi connectivity index (χ4v) is 2.10. The monoisotopic (exact) mass is 269 g/mol. The molecule has 100 valence electrons. The van der Waals surface area contributed by atoms with E-state index >= 15 is 0 Å². The lowest BCUT2D eigenvalue weighted by atomic mass is 10.0. The predicted octanol–water partition coefficient (Wildman–Crippen LogP) is 3.71. The van der Waals surface area contributed by atoms with Gasteiger partial charge in [-0.25, -0.2) is 0 Å². The molecule has 1 rings (SSSR count). The van der Waals surface area contributed by atoms with Gasteiger partial charge in [-0.3, -0.25) is 0 Å². The summed E-state index contributed by atoms with van der Waals surface area (Å²) in [6.45, 7) is 3.70. The first-order valence-corrected chi connectivity index (χ1v) is 6.29. The average molecular weight is 270 g/mol. The van der Waals surface area contributed by atoms with Crippen LogP contribution >= 0.6 is 11.6 Å². The minimum Gasteiger partial charge on any atom is -0.493 e. The molecule has 0 radical (unpaired) electrons. The Labute approximate surface area is 114 Å². The molecule has 0 aliphatic heterocycles. The standard InChI is InChI=1S/C14H20ClNO2/c1-4-5-6-7-12(16)10-8-11(15)14(18-3)13(9-10)17-2/h4,8-9,12H,1,5-7,16H2,2-3H3. The maximum atomic E-state index is 6.14. The Morgan fingerprint density at radius 2 is 2.11 bits per heavy atom. The predicted molar refractivity (Wildman–Crippen MR) is 75.5 cm³/mol. The Kier molecular flexibility index (Phi) is 6.02. The minimum atomic E-state index is -0.0535. The van der Waals surface area contributed by atoms with Crippen LogP contribution in [0.1, 0.15) is 30.9 Å². The summed E-state index contributed by atoms with van der Waals surface area (Å²) in [6, 6.07) is 3.66. The molecule has 2 N–H and O–H groups in total. The number of halogens is 1. The van der Waals surface area contributed by atoms with Crippen molar-refractivity contribution in [1.82, 2.24) is 0 Å². The second-order valence-corrected chi connectivity index (χ2v) is 4.47. The van der Waals surface area contributed by atoms with E-state index in [9.17, 15) is 0 Å². The van der Waals surface area contributed by atoms with Crippen LogP contribution in [0.4, 0.5) is 0 Å². The normalized spacial score (nSPS) is 12.0. The van der Waals surface area contributed by atoms with Crippen molar-refractivity contribution >= 4 is 11.6 Å². The molecule has 0 heterocycles. The van der Waals surface area contributed by atoms with Crippen molar-refractivity contribution in [3.8, 4) is 11.5 Å². The van der Waals surface area contributed by atoms with Crippen molar-refractivity contribution in [2.75, 3.05) is 14.2 Å². The van der Waals surface area contributed by atoms with E-state index in [0.29, 0.717) is 16.5 Å². The van der Waals surface area contributed by atoms with Crippen LogP contribution in [-0.2, 0) is 0 Å². The molecule has 0 fully saturated rings. The van der Waals surface area contributed by atoms with Crippen molar-refractivity contribution in [1.29, 1.82) is 0 Å². The summed E-state index contributed by atoms with van der Waals surface area (Å²) >= 11 is 6.14. The molecule has 0 bridgehead atoms. The Bertz CT molecular complexity index is 407. The smallest absolute Gasteiger partial charge is 0.179 e. The molecule has 4 heteroatoms. The molecule has 1 aromatic carbocycles. The van der Waals surface area contributed by atoms with Gasteiger partial charge >= 0.3 is 0 Å². The van der Waals surface area contributed by atoms with Crippen LogP contribution in [0.5, 0.6) is 11.5 Å². The molecule has 0 aliphatic carbocycles. The van der Waals surface area contributed by atoms with Crippen molar-refractivity contribution in [2.24, 2.45) is 5.73 Å². The molecule has 0 amide bonds. The Morgan fingerprint density at radius 3 is 2.67 bits per heavy atom. The second-order valence-electron chi connectivity index (χ2n) is 4.06. The highest BCUT2D eigenvalue weighted by atomic mass is 35.5. The SMILES string of the molecule is C=CCCCC(N)c1cc(Cl)c(OC)c(OC)c1. The van der Waals surface area contributed by atoms with Gasteiger partial charge in [-0.2, -0.15) is 0 Å². The van der Waals surface area contributed by atoms with Gasteiger partial charge in [0, 0.05) is 6.04 Å². The third-order valence-electron chi connectivity index (χ3n) is 2.81. The molecule has 1 unspecified atom stereocenters. The Morgan fingerprint density at radius 1 is 1.39 bits per heavy atom. The fraction of sp³-hybridized carbons (Fsp3) is 0.429. The van der Waals surface area contributed by atoms with Gasteiger partial charge in [0.15, 0.2) is 11.5 Å². The van der Waals surface area contributed by atoms with Crippen LogP contribution in [0.3, 0.4) is 0 Å². The van der Waals surface area contributed by atoms with Gasteiger partial charge in [-0.1, -0.05) is 17.7 Å². The first kappa shape index (κ1) is 14.9. The number of hydrogen-bond donors (Lipinski definition) is 1. The van der Waals surface area contributed by atoms with Crippen LogP contribution in [0.25, 0.3) is 0 Å². The maximum Gasteiger partial charge on any atom is 0.179 e. The van der Waals surface area contributed by atoms with Crippen LogP contribution in [-0.4, -0.2) is 14.2 Å². The lowest BCUT2D eigenvalue weighted by molar-refractivity contribution is 0.354. The van der Waals surface area contributed by atoms with Gasteiger partial charge < -0.3 is 15.2 Å². The van der Waals surface area contributed by atoms with E-state index in [1.807, 2.05) is 18.2 Å². The molecule has 1 atom stereocenters. The zero-order chi connectivity index (χ0) is 13.5. The Hall–Kier alpha value is -1.19. The number of unbranched alkanes of at least 4 members (excludes halogenated alkanes) is 1.